The van der Waals surface area contributed by atoms with Crippen molar-refractivity contribution in [1.29, 1.82) is 0 Å². The fourth-order valence-electron chi connectivity index (χ4n) is 3.26. The maximum absolute atomic E-state index is 12.9. The summed E-state index contributed by atoms with van der Waals surface area (Å²) in [6, 6.07) is 13.7. The SMILES string of the molecule is Cc1cc(C)c2cc(C(=O)NS(=O)(=O)c3cccc4ccc(C)nc34)oc2c1. The number of aryl methyl sites for hydroxylation is 3. The van der Waals surface area contributed by atoms with Gasteiger partial charge in [0.15, 0.2) is 5.76 Å². The van der Waals surface area contributed by atoms with Crippen LogP contribution in [0.2, 0.25) is 0 Å². The summed E-state index contributed by atoms with van der Waals surface area (Å²) in [5.41, 5.74) is 3.50. The van der Waals surface area contributed by atoms with E-state index in [4.69, 9.17) is 4.42 Å². The molecule has 28 heavy (non-hydrogen) atoms. The number of sulfonamides is 1. The molecule has 0 aliphatic rings. The highest BCUT2D eigenvalue weighted by Gasteiger charge is 2.24. The molecule has 2 heterocycles. The van der Waals surface area contributed by atoms with Crippen LogP contribution in [0, 0.1) is 20.8 Å². The van der Waals surface area contributed by atoms with Gasteiger partial charge in [-0.3, -0.25) is 9.78 Å². The van der Waals surface area contributed by atoms with E-state index in [0.717, 1.165) is 16.5 Å². The lowest BCUT2D eigenvalue weighted by atomic mass is 10.1. The van der Waals surface area contributed by atoms with Crippen LogP contribution >= 0.6 is 0 Å². The van der Waals surface area contributed by atoms with Gasteiger partial charge in [0.1, 0.15) is 10.5 Å². The van der Waals surface area contributed by atoms with E-state index in [2.05, 4.69) is 9.71 Å². The van der Waals surface area contributed by atoms with Gasteiger partial charge >= 0.3 is 5.91 Å². The first-order valence-corrected chi connectivity index (χ1v) is 10.2. The number of aromatic nitrogens is 1. The molecule has 0 aliphatic carbocycles. The Labute approximate surface area is 162 Å². The lowest BCUT2D eigenvalue weighted by molar-refractivity contribution is 0.0956. The second-order valence-electron chi connectivity index (χ2n) is 6.82. The lowest BCUT2D eigenvalue weighted by Crippen LogP contribution is -2.30. The zero-order valence-corrected chi connectivity index (χ0v) is 16.4. The quantitative estimate of drug-likeness (QED) is 0.567. The maximum Gasteiger partial charge on any atom is 0.300 e. The highest BCUT2D eigenvalue weighted by atomic mass is 32.2. The molecule has 7 heteroatoms. The van der Waals surface area contributed by atoms with Crippen molar-refractivity contribution in [2.75, 3.05) is 0 Å². The zero-order chi connectivity index (χ0) is 20.1. The minimum Gasteiger partial charge on any atom is -0.451 e. The molecule has 6 nitrogen and oxygen atoms in total. The van der Waals surface area contributed by atoms with Gasteiger partial charge in [-0.1, -0.05) is 24.3 Å². The molecule has 0 saturated carbocycles. The first kappa shape index (κ1) is 18.2. The number of para-hydroxylation sites is 1. The predicted octanol–water partition coefficient (Wildman–Crippen LogP) is 4.02. The lowest BCUT2D eigenvalue weighted by Gasteiger charge is -2.08. The molecular weight excluding hydrogens is 376 g/mol. The standard InChI is InChI=1S/C21H18N2O4S/c1-12-9-13(2)16-11-18(27-17(16)10-12)21(24)23-28(25,26)19-6-4-5-15-8-7-14(3)22-20(15)19/h4-11H,1-3H3,(H,23,24). The molecule has 0 radical (unpaired) electrons. The minimum absolute atomic E-state index is 0.0508. The molecule has 1 N–H and O–H groups in total. The number of fused-ring (bicyclic) bond motifs is 2. The van der Waals surface area contributed by atoms with Gasteiger partial charge < -0.3 is 4.42 Å². The number of nitrogens with one attached hydrogen (secondary N) is 1. The third-order valence-corrected chi connectivity index (χ3v) is 5.91. The van der Waals surface area contributed by atoms with E-state index in [1.807, 2.05) is 26.0 Å². The van der Waals surface area contributed by atoms with Crippen molar-refractivity contribution in [2.45, 2.75) is 25.7 Å². The second-order valence-corrected chi connectivity index (χ2v) is 8.47. The van der Waals surface area contributed by atoms with Crippen molar-refractivity contribution in [1.82, 2.24) is 9.71 Å². The number of furan rings is 1. The smallest absolute Gasteiger partial charge is 0.300 e. The normalized spacial score (nSPS) is 11.8. The summed E-state index contributed by atoms with van der Waals surface area (Å²) in [6.07, 6.45) is 0. The molecule has 0 atom stereocenters. The second kappa shape index (κ2) is 6.45. The summed E-state index contributed by atoms with van der Waals surface area (Å²) in [7, 11) is -4.13. The van der Waals surface area contributed by atoms with E-state index in [9.17, 15) is 13.2 Å². The molecule has 4 rings (SSSR count). The van der Waals surface area contributed by atoms with Crippen LogP contribution in [0.1, 0.15) is 27.4 Å². The zero-order valence-electron chi connectivity index (χ0n) is 15.6. The van der Waals surface area contributed by atoms with Crippen molar-refractivity contribution < 1.29 is 17.6 Å². The molecule has 142 valence electrons. The average Bonchev–Trinajstić information content (AvgIpc) is 3.05. The maximum atomic E-state index is 12.9. The van der Waals surface area contributed by atoms with Crippen LogP contribution in [0.25, 0.3) is 21.9 Å². The molecule has 2 aromatic heterocycles. The van der Waals surface area contributed by atoms with Gasteiger partial charge in [0.25, 0.3) is 10.0 Å². The molecule has 0 unspecified atom stereocenters. The summed E-state index contributed by atoms with van der Waals surface area (Å²) in [5.74, 6) is -0.880. The molecule has 1 amide bonds. The van der Waals surface area contributed by atoms with Crippen LogP contribution in [-0.2, 0) is 10.0 Å². The van der Waals surface area contributed by atoms with Gasteiger partial charge in [-0.15, -0.1) is 0 Å². The van der Waals surface area contributed by atoms with Crippen molar-refractivity contribution in [3.8, 4) is 0 Å². The Morgan fingerprint density at radius 3 is 2.61 bits per heavy atom. The number of hydrogen-bond acceptors (Lipinski definition) is 5. The molecule has 2 aromatic carbocycles. The third-order valence-electron chi connectivity index (χ3n) is 4.55. The molecular formula is C21H18N2O4S. The Hall–Kier alpha value is -3.19. The van der Waals surface area contributed by atoms with Crippen LogP contribution in [-0.4, -0.2) is 19.3 Å². The Morgan fingerprint density at radius 2 is 1.82 bits per heavy atom. The topological polar surface area (TPSA) is 89.3 Å². The largest absolute Gasteiger partial charge is 0.451 e. The number of carbonyl (C=O) groups excluding carboxylic acids is 1. The summed E-state index contributed by atoms with van der Waals surface area (Å²) < 4.78 is 33.4. The first-order valence-electron chi connectivity index (χ1n) is 8.69. The number of pyridine rings is 1. The number of nitrogens with zero attached hydrogens (tertiary/aromatic N) is 1. The summed E-state index contributed by atoms with van der Waals surface area (Å²) >= 11 is 0. The van der Waals surface area contributed by atoms with Crippen LogP contribution in [0.15, 0.2) is 57.8 Å². The van der Waals surface area contributed by atoms with E-state index in [1.54, 1.807) is 37.3 Å². The van der Waals surface area contributed by atoms with Crippen molar-refractivity contribution >= 4 is 37.8 Å². The molecule has 4 aromatic rings. The molecule has 0 saturated heterocycles. The van der Waals surface area contributed by atoms with Gasteiger partial charge in [0, 0.05) is 16.5 Å². The summed E-state index contributed by atoms with van der Waals surface area (Å²) in [5, 5.41) is 1.45. The van der Waals surface area contributed by atoms with E-state index in [-0.39, 0.29) is 10.7 Å². The highest BCUT2D eigenvalue weighted by molar-refractivity contribution is 7.90. The van der Waals surface area contributed by atoms with Crippen LogP contribution < -0.4 is 4.72 Å². The fourth-order valence-corrected chi connectivity index (χ4v) is 4.39. The Morgan fingerprint density at radius 1 is 1.04 bits per heavy atom. The van der Waals surface area contributed by atoms with Gasteiger partial charge in [-0.2, -0.15) is 0 Å². The van der Waals surface area contributed by atoms with Crippen LogP contribution in [0.4, 0.5) is 0 Å². The monoisotopic (exact) mass is 394 g/mol. The van der Waals surface area contributed by atoms with Gasteiger partial charge in [-0.05, 0) is 56.2 Å². The van der Waals surface area contributed by atoms with Crippen molar-refractivity contribution in [3.63, 3.8) is 0 Å². The molecule has 0 aliphatic heterocycles. The summed E-state index contributed by atoms with van der Waals surface area (Å²) in [4.78, 5) is 16.9. The van der Waals surface area contributed by atoms with E-state index in [1.165, 1.54) is 6.07 Å². The molecule has 0 spiro atoms. The van der Waals surface area contributed by atoms with E-state index in [0.29, 0.717) is 22.2 Å². The number of benzene rings is 2. The van der Waals surface area contributed by atoms with E-state index >= 15 is 0 Å². The third kappa shape index (κ3) is 3.14. The van der Waals surface area contributed by atoms with Crippen LogP contribution in [0.3, 0.4) is 0 Å². The van der Waals surface area contributed by atoms with Crippen molar-refractivity contribution in [2.24, 2.45) is 0 Å². The van der Waals surface area contributed by atoms with Gasteiger partial charge in [0.05, 0.1) is 5.52 Å². The van der Waals surface area contributed by atoms with Crippen molar-refractivity contribution in [3.05, 3.63) is 71.1 Å². The number of rotatable bonds is 3. The fraction of sp³-hybridized carbons (Fsp3) is 0.143. The number of carbonyl (C=O) groups is 1. The molecule has 0 fully saturated rings. The van der Waals surface area contributed by atoms with E-state index < -0.39 is 15.9 Å². The highest BCUT2D eigenvalue weighted by Crippen LogP contribution is 2.25. The Kier molecular flexibility index (Phi) is 4.19. The van der Waals surface area contributed by atoms with Crippen LogP contribution in [0.5, 0.6) is 0 Å². The molecule has 0 bridgehead atoms. The Balaban J connectivity index is 1.73. The number of hydrogen-bond donors (Lipinski definition) is 1. The Bertz CT molecular complexity index is 1350. The average molecular weight is 394 g/mol. The minimum atomic E-state index is -4.13. The number of amides is 1. The van der Waals surface area contributed by atoms with Gasteiger partial charge in [0.2, 0.25) is 0 Å². The summed E-state index contributed by atoms with van der Waals surface area (Å²) in [6.45, 7) is 5.61. The first-order chi connectivity index (χ1) is 13.2. The predicted molar refractivity (Wildman–Crippen MR) is 107 cm³/mol. The van der Waals surface area contributed by atoms with Gasteiger partial charge in [-0.25, -0.2) is 13.1 Å².